The van der Waals surface area contributed by atoms with Crippen molar-refractivity contribution in [1.29, 1.82) is 0 Å². The monoisotopic (exact) mass is 365 g/mol. The van der Waals surface area contributed by atoms with E-state index in [2.05, 4.69) is 4.98 Å². The average molecular weight is 366 g/mol. The molecule has 1 heterocycles. The fraction of sp³-hybridized carbons (Fsp3) is 0.111. The van der Waals surface area contributed by atoms with Crippen LogP contribution in [-0.2, 0) is 11.2 Å². The van der Waals surface area contributed by atoms with Crippen LogP contribution < -0.4 is 0 Å². The zero-order valence-corrected chi connectivity index (χ0v) is 14.1. The molecule has 0 bridgehead atoms. The highest BCUT2D eigenvalue weighted by Gasteiger charge is 2.10. The molecular weight excluding hydrogens is 352 g/mol. The lowest BCUT2D eigenvalue weighted by atomic mass is 10.0. The Morgan fingerprint density at radius 3 is 2.50 bits per heavy atom. The van der Waals surface area contributed by atoms with Gasteiger partial charge >= 0.3 is 5.97 Å². The van der Waals surface area contributed by atoms with E-state index in [9.17, 15) is 9.18 Å². The maximum absolute atomic E-state index is 13.5. The first-order valence-corrected chi connectivity index (χ1v) is 7.47. The number of benzene rings is 2. The van der Waals surface area contributed by atoms with Crippen LogP contribution in [0.1, 0.15) is 12.0 Å². The Morgan fingerprint density at radius 2 is 1.83 bits per heavy atom. The summed E-state index contributed by atoms with van der Waals surface area (Å²) >= 11 is 5.90. The maximum atomic E-state index is 13.5. The van der Waals surface area contributed by atoms with Crippen LogP contribution in [0.15, 0.2) is 48.5 Å². The van der Waals surface area contributed by atoms with Crippen LogP contribution in [0.25, 0.3) is 22.2 Å². The van der Waals surface area contributed by atoms with Gasteiger partial charge in [0.25, 0.3) is 0 Å². The normalized spacial score (nSPS) is 10.4. The maximum Gasteiger partial charge on any atom is 0.303 e. The molecule has 0 unspecified atom stereocenters. The van der Waals surface area contributed by atoms with Gasteiger partial charge in [-0.05, 0) is 48.4 Å². The second kappa shape index (κ2) is 7.60. The number of aromatic nitrogens is 1. The fourth-order valence-corrected chi connectivity index (χ4v) is 2.61. The van der Waals surface area contributed by atoms with Crippen LogP contribution >= 0.6 is 24.0 Å². The van der Waals surface area contributed by atoms with Crippen LogP contribution in [-0.4, -0.2) is 16.1 Å². The molecule has 3 nitrogen and oxygen atoms in total. The first-order valence-electron chi connectivity index (χ1n) is 7.10. The van der Waals surface area contributed by atoms with Gasteiger partial charge in [-0.3, -0.25) is 4.79 Å². The molecule has 24 heavy (non-hydrogen) atoms. The van der Waals surface area contributed by atoms with E-state index in [1.54, 1.807) is 18.2 Å². The number of nitrogens with zero attached hydrogens (tertiary/aromatic N) is 1. The summed E-state index contributed by atoms with van der Waals surface area (Å²) in [5.74, 6) is -1.26. The zero-order chi connectivity index (χ0) is 16.4. The van der Waals surface area contributed by atoms with Gasteiger partial charge in [0.2, 0.25) is 0 Å². The molecule has 0 fully saturated rings. The highest BCUT2D eigenvalue weighted by molar-refractivity contribution is 6.30. The average Bonchev–Trinajstić information content (AvgIpc) is 2.53. The lowest BCUT2D eigenvalue weighted by Crippen LogP contribution is -2.00. The molecule has 0 spiro atoms. The van der Waals surface area contributed by atoms with Crippen molar-refractivity contribution in [3.8, 4) is 11.3 Å². The highest BCUT2D eigenvalue weighted by Crippen LogP contribution is 2.27. The predicted molar refractivity (Wildman–Crippen MR) is 95.4 cm³/mol. The third-order valence-corrected chi connectivity index (χ3v) is 3.86. The van der Waals surface area contributed by atoms with Gasteiger partial charge in [0.05, 0.1) is 11.2 Å². The highest BCUT2D eigenvalue weighted by atomic mass is 35.5. The van der Waals surface area contributed by atoms with E-state index in [0.717, 1.165) is 11.1 Å². The number of halogens is 3. The number of hydrogen-bond acceptors (Lipinski definition) is 2. The third kappa shape index (κ3) is 4.02. The van der Waals surface area contributed by atoms with Crippen molar-refractivity contribution in [1.82, 2.24) is 4.98 Å². The molecule has 0 aliphatic carbocycles. The smallest absolute Gasteiger partial charge is 0.303 e. The Bertz CT molecular complexity index is 882. The lowest BCUT2D eigenvalue weighted by molar-refractivity contribution is -0.136. The van der Waals surface area contributed by atoms with Crippen LogP contribution in [0.5, 0.6) is 0 Å². The quantitative estimate of drug-likeness (QED) is 0.696. The molecule has 3 aromatic rings. The molecule has 0 aliphatic heterocycles. The molecule has 0 saturated heterocycles. The number of pyridine rings is 1. The van der Waals surface area contributed by atoms with Gasteiger partial charge in [-0.15, -0.1) is 12.4 Å². The summed E-state index contributed by atoms with van der Waals surface area (Å²) in [6.07, 6.45) is 0.300. The standard InChI is InChI=1S/C18H13ClFNO2.ClH/c19-13-4-1-11(2-5-13)17-9-12(3-8-18(22)23)15-10-14(20)6-7-16(15)21-17;/h1-2,4-7,9-10H,3,8H2,(H,22,23);1H. The summed E-state index contributed by atoms with van der Waals surface area (Å²) in [4.78, 5) is 15.4. The zero-order valence-electron chi connectivity index (χ0n) is 12.5. The Kier molecular flexibility index (Phi) is 5.75. The van der Waals surface area contributed by atoms with Crippen LogP contribution in [0.3, 0.4) is 0 Å². The molecule has 3 rings (SSSR count). The van der Waals surface area contributed by atoms with Crippen LogP contribution in [0.4, 0.5) is 4.39 Å². The predicted octanol–water partition coefficient (Wildman–Crippen LogP) is 5.13. The van der Waals surface area contributed by atoms with Crippen molar-refractivity contribution in [2.75, 3.05) is 0 Å². The van der Waals surface area contributed by atoms with Crippen molar-refractivity contribution < 1.29 is 14.3 Å². The number of aliphatic carboxylic acids is 1. The van der Waals surface area contributed by atoms with E-state index in [1.165, 1.54) is 12.1 Å². The van der Waals surface area contributed by atoms with Crippen LogP contribution in [0, 0.1) is 5.82 Å². The van der Waals surface area contributed by atoms with Gasteiger partial charge in [-0.2, -0.15) is 0 Å². The number of fused-ring (bicyclic) bond motifs is 1. The topological polar surface area (TPSA) is 50.2 Å². The number of carboxylic acids is 1. The van der Waals surface area contributed by atoms with Gasteiger partial charge in [0.15, 0.2) is 0 Å². The molecule has 0 radical (unpaired) electrons. The SMILES string of the molecule is Cl.O=C(O)CCc1cc(-c2ccc(Cl)cc2)nc2ccc(F)cc12. The number of aryl methyl sites for hydroxylation is 1. The lowest BCUT2D eigenvalue weighted by Gasteiger charge is -2.10. The van der Waals surface area contributed by atoms with Gasteiger partial charge in [0.1, 0.15) is 5.82 Å². The summed E-state index contributed by atoms with van der Waals surface area (Å²) in [5, 5.41) is 10.2. The summed E-state index contributed by atoms with van der Waals surface area (Å²) in [6, 6.07) is 13.4. The molecule has 0 atom stereocenters. The molecule has 1 aromatic heterocycles. The van der Waals surface area contributed by atoms with Crippen molar-refractivity contribution in [2.24, 2.45) is 0 Å². The molecule has 124 valence electrons. The van der Waals surface area contributed by atoms with E-state index in [1.807, 2.05) is 18.2 Å². The molecule has 0 saturated carbocycles. The minimum Gasteiger partial charge on any atom is -0.481 e. The van der Waals surface area contributed by atoms with Gasteiger partial charge in [-0.1, -0.05) is 23.7 Å². The van der Waals surface area contributed by atoms with Gasteiger partial charge in [-0.25, -0.2) is 9.37 Å². The summed E-state index contributed by atoms with van der Waals surface area (Å²) in [7, 11) is 0. The van der Waals surface area contributed by atoms with Gasteiger partial charge in [0, 0.05) is 22.4 Å². The van der Waals surface area contributed by atoms with Gasteiger partial charge < -0.3 is 5.11 Å². The summed E-state index contributed by atoms with van der Waals surface area (Å²) < 4.78 is 13.5. The summed E-state index contributed by atoms with van der Waals surface area (Å²) in [6.45, 7) is 0. The molecule has 6 heteroatoms. The van der Waals surface area contributed by atoms with Crippen LogP contribution in [0.2, 0.25) is 5.02 Å². The largest absolute Gasteiger partial charge is 0.481 e. The van der Waals surface area contributed by atoms with E-state index in [0.29, 0.717) is 28.0 Å². The molecule has 1 N–H and O–H groups in total. The molecule has 0 amide bonds. The van der Waals surface area contributed by atoms with Crippen molar-refractivity contribution in [3.05, 3.63) is 64.9 Å². The fourth-order valence-electron chi connectivity index (χ4n) is 2.48. The minimum absolute atomic E-state index is 0. The summed E-state index contributed by atoms with van der Waals surface area (Å²) in [5.41, 5.74) is 2.99. The van der Waals surface area contributed by atoms with Crippen molar-refractivity contribution in [2.45, 2.75) is 12.8 Å². The number of hydrogen-bond donors (Lipinski definition) is 1. The second-order valence-corrected chi connectivity index (χ2v) is 5.67. The van der Waals surface area contributed by atoms with E-state index in [-0.39, 0.29) is 24.6 Å². The number of rotatable bonds is 4. The first-order chi connectivity index (χ1) is 11.0. The second-order valence-electron chi connectivity index (χ2n) is 5.23. The Morgan fingerprint density at radius 1 is 1.12 bits per heavy atom. The van der Waals surface area contributed by atoms with E-state index >= 15 is 0 Å². The third-order valence-electron chi connectivity index (χ3n) is 3.60. The molecular formula is C18H14Cl2FNO2. The van der Waals surface area contributed by atoms with Crippen molar-refractivity contribution in [3.63, 3.8) is 0 Å². The Balaban J connectivity index is 0.00000208. The number of carboxylic acid groups (broad SMARTS) is 1. The van der Waals surface area contributed by atoms with E-state index in [4.69, 9.17) is 16.7 Å². The minimum atomic E-state index is -0.889. The first kappa shape index (κ1) is 18.2. The Hall–Kier alpha value is -2.17. The number of carbonyl (C=O) groups is 1. The molecule has 0 aliphatic rings. The van der Waals surface area contributed by atoms with Crippen molar-refractivity contribution >= 4 is 40.9 Å². The Labute approximate surface area is 149 Å². The molecule has 2 aromatic carbocycles. The van der Waals surface area contributed by atoms with E-state index < -0.39 is 5.97 Å².